The Kier molecular flexibility index (Phi) is 3.41. The second kappa shape index (κ2) is 4.70. The van der Waals surface area contributed by atoms with Crippen LogP contribution in [0.4, 0.5) is 0 Å². The van der Waals surface area contributed by atoms with Crippen LogP contribution in [0.2, 0.25) is 0 Å². The molecule has 1 heterocycles. The van der Waals surface area contributed by atoms with E-state index in [1.54, 1.807) is 30.3 Å². The van der Waals surface area contributed by atoms with Crippen molar-refractivity contribution in [1.29, 1.82) is 0 Å². The van der Waals surface area contributed by atoms with Crippen molar-refractivity contribution in [2.75, 3.05) is 11.6 Å². The SMILES string of the molecule is O=C(Cl)[C@@H]1CS(=O)(=O)CN1C(=O)c1ccccc1. The smallest absolute Gasteiger partial charge is 0.255 e. The van der Waals surface area contributed by atoms with E-state index in [0.717, 1.165) is 4.90 Å². The number of rotatable bonds is 2. The minimum Gasteiger partial charge on any atom is -0.312 e. The van der Waals surface area contributed by atoms with E-state index < -0.39 is 38.7 Å². The van der Waals surface area contributed by atoms with Crippen molar-refractivity contribution in [2.45, 2.75) is 6.04 Å². The molecule has 1 aliphatic heterocycles. The molecule has 0 bridgehead atoms. The van der Waals surface area contributed by atoms with Crippen molar-refractivity contribution in [1.82, 2.24) is 4.90 Å². The topological polar surface area (TPSA) is 71.5 Å². The number of carbonyl (C=O) groups is 2. The first kappa shape index (κ1) is 13.0. The molecule has 1 saturated heterocycles. The Morgan fingerprint density at radius 1 is 1.22 bits per heavy atom. The molecule has 0 N–H and O–H groups in total. The van der Waals surface area contributed by atoms with E-state index >= 15 is 0 Å². The Morgan fingerprint density at radius 2 is 1.83 bits per heavy atom. The van der Waals surface area contributed by atoms with Crippen molar-refractivity contribution in [3.63, 3.8) is 0 Å². The first-order chi connectivity index (χ1) is 8.41. The molecule has 0 radical (unpaired) electrons. The summed E-state index contributed by atoms with van der Waals surface area (Å²) in [5, 5.41) is -0.833. The summed E-state index contributed by atoms with van der Waals surface area (Å²) in [5.74, 6) is -1.38. The molecule has 2 rings (SSSR count). The maximum Gasteiger partial charge on any atom is 0.255 e. The molecule has 0 saturated carbocycles. The highest BCUT2D eigenvalue weighted by Crippen LogP contribution is 2.20. The molecule has 1 aromatic carbocycles. The number of hydrogen-bond acceptors (Lipinski definition) is 4. The van der Waals surface area contributed by atoms with Crippen LogP contribution in [-0.2, 0) is 14.6 Å². The molecule has 18 heavy (non-hydrogen) atoms. The maximum absolute atomic E-state index is 12.1. The standard InChI is InChI=1S/C11H10ClNO4S/c12-10(14)9-6-18(16,17)7-13(9)11(15)8-4-2-1-3-5-8/h1-5,9H,6-7H2/t9-/m0/s1. The molecule has 96 valence electrons. The molecule has 1 amide bonds. The van der Waals surface area contributed by atoms with Gasteiger partial charge in [0.1, 0.15) is 11.9 Å². The number of nitrogens with zero attached hydrogens (tertiary/aromatic N) is 1. The van der Waals surface area contributed by atoms with Crippen molar-refractivity contribution < 1.29 is 18.0 Å². The van der Waals surface area contributed by atoms with Crippen LogP contribution in [-0.4, -0.2) is 42.1 Å². The van der Waals surface area contributed by atoms with Crippen LogP contribution in [0, 0.1) is 0 Å². The number of sulfone groups is 1. The fourth-order valence-corrected chi connectivity index (χ4v) is 3.75. The molecule has 0 aromatic heterocycles. The lowest BCUT2D eigenvalue weighted by Gasteiger charge is -2.19. The summed E-state index contributed by atoms with van der Waals surface area (Å²) in [6.45, 7) is 0. The van der Waals surface area contributed by atoms with Gasteiger partial charge in [0, 0.05) is 5.56 Å². The van der Waals surface area contributed by atoms with Gasteiger partial charge in [0.25, 0.3) is 5.91 Å². The zero-order valence-corrected chi connectivity index (χ0v) is 10.8. The lowest BCUT2D eigenvalue weighted by Crippen LogP contribution is -2.40. The predicted octanol–water partition coefficient (Wildman–Crippen LogP) is 0.649. The molecule has 0 aliphatic carbocycles. The summed E-state index contributed by atoms with van der Waals surface area (Å²) in [4.78, 5) is 24.3. The van der Waals surface area contributed by atoms with Gasteiger partial charge in [-0.05, 0) is 23.7 Å². The lowest BCUT2D eigenvalue weighted by atomic mass is 10.2. The summed E-state index contributed by atoms with van der Waals surface area (Å²) in [6, 6.07) is 7.09. The van der Waals surface area contributed by atoms with Crippen LogP contribution in [0.25, 0.3) is 0 Å². The Morgan fingerprint density at radius 3 is 2.39 bits per heavy atom. The Labute approximate surface area is 109 Å². The maximum atomic E-state index is 12.1. The van der Waals surface area contributed by atoms with Crippen LogP contribution in [0.3, 0.4) is 0 Å². The number of carbonyl (C=O) groups excluding carboxylic acids is 2. The summed E-state index contributed by atoms with van der Waals surface area (Å²) in [7, 11) is -3.44. The second-order valence-electron chi connectivity index (χ2n) is 4.00. The number of amides is 1. The molecule has 1 fully saturated rings. The molecule has 1 aromatic rings. The van der Waals surface area contributed by atoms with Crippen LogP contribution < -0.4 is 0 Å². The largest absolute Gasteiger partial charge is 0.312 e. The first-order valence-electron chi connectivity index (χ1n) is 5.16. The van der Waals surface area contributed by atoms with E-state index in [1.807, 2.05) is 0 Å². The minimum absolute atomic E-state index is 0.331. The molecule has 7 heteroatoms. The van der Waals surface area contributed by atoms with E-state index in [1.165, 1.54) is 0 Å². The average Bonchev–Trinajstić information content (AvgIpc) is 2.66. The third kappa shape index (κ3) is 2.54. The van der Waals surface area contributed by atoms with Crippen LogP contribution in [0.5, 0.6) is 0 Å². The first-order valence-corrected chi connectivity index (χ1v) is 7.36. The van der Waals surface area contributed by atoms with Gasteiger partial charge in [0.2, 0.25) is 5.24 Å². The van der Waals surface area contributed by atoms with Gasteiger partial charge < -0.3 is 4.90 Å². The third-order valence-electron chi connectivity index (χ3n) is 2.67. The molecule has 1 atom stereocenters. The van der Waals surface area contributed by atoms with E-state index in [-0.39, 0.29) is 0 Å². The third-order valence-corrected chi connectivity index (χ3v) is 4.41. The lowest BCUT2D eigenvalue weighted by molar-refractivity contribution is -0.114. The summed E-state index contributed by atoms with van der Waals surface area (Å²) < 4.78 is 23.0. The highest BCUT2D eigenvalue weighted by molar-refractivity contribution is 7.91. The Balaban J connectivity index is 2.32. The summed E-state index contributed by atoms with van der Waals surface area (Å²) >= 11 is 5.34. The van der Waals surface area contributed by atoms with Crippen molar-refractivity contribution in [3.8, 4) is 0 Å². The van der Waals surface area contributed by atoms with Crippen LogP contribution in [0.15, 0.2) is 30.3 Å². The Hall–Kier alpha value is -1.40. The monoisotopic (exact) mass is 287 g/mol. The number of benzene rings is 1. The molecule has 5 nitrogen and oxygen atoms in total. The fraction of sp³-hybridized carbons (Fsp3) is 0.273. The number of halogens is 1. The van der Waals surface area contributed by atoms with Gasteiger partial charge in [0.05, 0.1) is 5.75 Å². The van der Waals surface area contributed by atoms with E-state index in [4.69, 9.17) is 11.6 Å². The quantitative estimate of drug-likeness (QED) is 0.749. The second-order valence-corrected chi connectivity index (χ2v) is 6.45. The summed E-state index contributed by atoms with van der Waals surface area (Å²) in [5.41, 5.74) is 0.331. The van der Waals surface area contributed by atoms with Gasteiger partial charge in [-0.1, -0.05) is 18.2 Å². The van der Waals surface area contributed by atoms with E-state index in [2.05, 4.69) is 0 Å². The van der Waals surface area contributed by atoms with Gasteiger partial charge >= 0.3 is 0 Å². The molecular weight excluding hydrogens is 278 g/mol. The zero-order valence-electron chi connectivity index (χ0n) is 9.24. The van der Waals surface area contributed by atoms with Crippen molar-refractivity contribution >= 4 is 32.6 Å². The van der Waals surface area contributed by atoms with Gasteiger partial charge in [-0.25, -0.2) is 8.42 Å². The van der Waals surface area contributed by atoms with E-state index in [9.17, 15) is 18.0 Å². The number of hydrogen-bond donors (Lipinski definition) is 0. The van der Waals surface area contributed by atoms with Crippen molar-refractivity contribution in [2.24, 2.45) is 0 Å². The van der Waals surface area contributed by atoms with Crippen molar-refractivity contribution in [3.05, 3.63) is 35.9 Å². The fourth-order valence-electron chi connectivity index (χ4n) is 1.82. The van der Waals surface area contributed by atoms with Gasteiger partial charge in [-0.15, -0.1) is 0 Å². The highest BCUT2D eigenvalue weighted by Gasteiger charge is 2.42. The van der Waals surface area contributed by atoms with Crippen LogP contribution in [0.1, 0.15) is 10.4 Å². The van der Waals surface area contributed by atoms with Gasteiger partial charge in [-0.3, -0.25) is 9.59 Å². The summed E-state index contributed by atoms with van der Waals surface area (Å²) in [6.07, 6.45) is 0. The van der Waals surface area contributed by atoms with Crippen LogP contribution >= 0.6 is 11.6 Å². The van der Waals surface area contributed by atoms with Gasteiger partial charge in [0.15, 0.2) is 9.84 Å². The average molecular weight is 288 g/mol. The normalized spacial score (nSPS) is 21.8. The minimum atomic E-state index is -3.44. The molecule has 1 aliphatic rings. The molecular formula is C11H10ClNO4S. The van der Waals surface area contributed by atoms with Gasteiger partial charge in [-0.2, -0.15) is 0 Å². The Bertz CT molecular complexity index is 584. The highest BCUT2D eigenvalue weighted by atomic mass is 35.5. The van der Waals surface area contributed by atoms with E-state index in [0.29, 0.717) is 5.56 Å². The zero-order chi connectivity index (χ0) is 13.3. The molecule has 0 spiro atoms. The predicted molar refractivity (Wildman–Crippen MR) is 65.9 cm³/mol. The molecule has 0 unspecified atom stereocenters.